The van der Waals surface area contributed by atoms with Crippen LogP contribution in [0.3, 0.4) is 0 Å². The van der Waals surface area contributed by atoms with Crippen molar-refractivity contribution in [2.45, 2.75) is 11.3 Å². The zero-order chi connectivity index (χ0) is 16.9. The Kier molecular flexibility index (Phi) is 5.70. The second-order valence-electron chi connectivity index (χ2n) is 5.76. The SMILES string of the molecule is Cc1nnc(SCC(=O)Nc2ccc(N3CCN(C)CC3)cc2)s1. The molecule has 0 spiro atoms. The van der Waals surface area contributed by atoms with Crippen molar-refractivity contribution in [2.24, 2.45) is 0 Å². The molecule has 128 valence electrons. The van der Waals surface area contributed by atoms with Gasteiger partial charge in [0.25, 0.3) is 0 Å². The second kappa shape index (κ2) is 7.96. The summed E-state index contributed by atoms with van der Waals surface area (Å²) in [5, 5.41) is 11.8. The molecule has 1 aliphatic rings. The molecule has 2 heterocycles. The van der Waals surface area contributed by atoms with E-state index in [0.29, 0.717) is 5.75 Å². The lowest BCUT2D eigenvalue weighted by Gasteiger charge is -2.34. The number of nitrogens with zero attached hydrogens (tertiary/aromatic N) is 4. The van der Waals surface area contributed by atoms with Gasteiger partial charge in [0.05, 0.1) is 5.75 Å². The summed E-state index contributed by atoms with van der Waals surface area (Å²) in [6.45, 7) is 6.16. The summed E-state index contributed by atoms with van der Waals surface area (Å²) in [7, 11) is 2.15. The molecule has 1 amide bonds. The van der Waals surface area contributed by atoms with Crippen LogP contribution in [-0.2, 0) is 4.79 Å². The lowest BCUT2D eigenvalue weighted by Crippen LogP contribution is -2.44. The van der Waals surface area contributed by atoms with E-state index in [1.54, 1.807) is 0 Å². The van der Waals surface area contributed by atoms with Crippen molar-refractivity contribution in [3.05, 3.63) is 29.3 Å². The van der Waals surface area contributed by atoms with Crippen molar-refractivity contribution < 1.29 is 4.79 Å². The zero-order valence-electron chi connectivity index (χ0n) is 13.9. The predicted molar refractivity (Wildman–Crippen MR) is 100 cm³/mol. The molecule has 0 radical (unpaired) electrons. The highest BCUT2D eigenvalue weighted by atomic mass is 32.2. The van der Waals surface area contributed by atoms with E-state index in [9.17, 15) is 4.79 Å². The lowest BCUT2D eigenvalue weighted by molar-refractivity contribution is -0.113. The topological polar surface area (TPSA) is 61.4 Å². The van der Waals surface area contributed by atoms with Gasteiger partial charge in [-0.3, -0.25) is 4.79 Å². The van der Waals surface area contributed by atoms with E-state index in [1.165, 1.54) is 28.8 Å². The highest BCUT2D eigenvalue weighted by Crippen LogP contribution is 2.23. The number of anilines is 2. The van der Waals surface area contributed by atoms with Gasteiger partial charge in [-0.25, -0.2) is 0 Å². The first-order valence-corrected chi connectivity index (χ1v) is 9.67. The van der Waals surface area contributed by atoms with Gasteiger partial charge >= 0.3 is 0 Å². The molecule has 1 aromatic carbocycles. The van der Waals surface area contributed by atoms with Crippen LogP contribution in [0, 0.1) is 6.92 Å². The van der Waals surface area contributed by atoms with Gasteiger partial charge in [0, 0.05) is 37.6 Å². The van der Waals surface area contributed by atoms with Gasteiger partial charge in [-0.15, -0.1) is 10.2 Å². The maximum Gasteiger partial charge on any atom is 0.234 e. The summed E-state index contributed by atoms with van der Waals surface area (Å²) in [5.41, 5.74) is 2.03. The Hall–Kier alpha value is -1.64. The first-order valence-electron chi connectivity index (χ1n) is 7.86. The van der Waals surface area contributed by atoms with E-state index in [-0.39, 0.29) is 5.91 Å². The van der Waals surface area contributed by atoms with Crippen LogP contribution in [0.15, 0.2) is 28.6 Å². The van der Waals surface area contributed by atoms with Gasteiger partial charge in [-0.1, -0.05) is 23.1 Å². The Bertz CT molecular complexity index is 680. The number of amides is 1. The third-order valence-electron chi connectivity index (χ3n) is 3.85. The van der Waals surface area contributed by atoms with Crippen LogP contribution >= 0.6 is 23.1 Å². The molecule has 1 N–H and O–H groups in total. The average molecular weight is 364 g/mol. The number of hydrogen-bond acceptors (Lipinski definition) is 7. The first kappa shape index (κ1) is 17.2. The number of aromatic nitrogens is 2. The van der Waals surface area contributed by atoms with Gasteiger partial charge in [0.1, 0.15) is 5.01 Å². The molecule has 0 bridgehead atoms. The lowest BCUT2D eigenvalue weighted by atomic mass is 10.2. The number of carbonyl (C=O) groups is 1. The molecule has 3 rings (SSSR count). The Morgan fingerprint density at radius 1 is 1.21 bits per heavy atom. The number of piperazine rings is 1. The molecule has 24 heavy (non-hydrogen) atoms. The highest BCUT2D eigenvalue weighted by molar-refractivity contribution is 8.01. The zero-order valence-corrected chi connectivity index (χ0v) is 15.5. The van der Waals surface area contributed by atoms with Gasteiger partial charge < -0.3 is 15.1 Å². The minimum absolute atomic E-state index is 0.0276. The molecule has 0 saturated carbocycles. The standard InChI is InChI=1S/C16H21N5OS2/c1-12-18-19-16(24-12)23-11-15(22)17-13-3-5-14(6-4-13)21-9-7-20(2)8-10-21/h3-6H,7-11H2,1-2H3,(H,17,22). The van der Waals surface area contributed by atoms with Crippen LogP contribution < -0.4 is 10.2 Å². The number of benzene rings is 1. The van der Waals surface area contributed by atoms with E-state index in [0.717, 1.165) is 41.2 Å². The van der Waals surface area contributed by atoms with E-state index in [1.807, 2.05) is 19.1 Å². The number of rotatable bonds is 5. The third-order valence-corrected chi connectivity index (χ3v) is 5.83. The summed E-state index contributed by atoms with van der Waals surface area (Å²) < 4.78 is 0.827. The monoisotopic (exact) mass is 363 g/mol. The molecule has 1 fully saturated rings. The fraction of sp³-hybridized carbons (Fsp3) is 0.438. The molecular formula is C16H21N5OS2. The quantitative estimate of drug-likeness (QED) is 0.823. The van der Waals surface area contributed by atoms with Gasteiger partial charge in [0.2, 0.25) is 5.91 Å². The number of likely N-dealkylation sites (N-methyl/N-ethyl adjacent to an activating group) is 1. The Balaban J connectivity index is 1.49. The molecule has 1 aliphatic heterocycles. The van der Waals surface area contributed by atoms with E-state index in [2.05, 4.69) is 44.5 Å². The molecule has 0 unspecified atom stereocenters. The Morgan fingerprint density at radius 2 is 1.92 bits per heavy atom. The minimum Gasteiger partial charge on any atom is -0.369 e. The van der Waals surface area contributed by atoms with E-state index < -0.39 is 0 Å². The molecule has 2 aromatic rings. The molecule has 1 aromatic heterocycles. The average Bonchev–Trinajstić information content (AvgIpc) is 3.00. The third kappa shape index (κ3) is 4.68. The number of aryl methyl sites for hydroxylation is 1. The van der Waals surface area contributed by atoms with Crippen molar-refractivity contribution in [3.63, 3.8) is 0 Å². The summed E-state index contributed by atoms with van der Waals surface area (Å²) in [6.07, 6.45) is 0. The van der Waals surface area contributed by atoms with E-state index >= 15 is 0 Å². The summed E-state index contributed by atoms with van der Waals surface area (Å²) >= 11 is 2.92. The fourth-order valence-corrected chi connectivity index (χ4v) is 4.10. The molecule has 0 aliphatic carbocycles. The fourth-order valence-electron chi connectivity index (χ4n) is 2.48. The number of thioether (sulfide) groups is 1. The largest absolute Gasteiger partial charge is 0.369 e. The van der Waals surface area contributed by atoms with Crippen LogP contribution in [0.2, 0.25) is 0 Å². The summed E-state index contributed by atoms with van der Waals surface area (Å²) in [4.78, 5) is 16.7. The first-order chi connectivity index (χ1) is 11.6. The molecule has 6 nitrogen and oxygen atoms in total. The van der Waals surface area contributed by atoms with Crippen LogP contribution in [0.25, 0.3) is 0 Å². The maximum atomic E-state index is 12.0. The molecular weight excluding hydrogens is 342 g/mol. The van der Waals surface area contributed by atoms with Crippen LogP contribution in [0.5, 0.6) is 0 Å². The van der Waals surface area contributed by atoms with Crippen molar-refractivity contribution in [1.82, 2.24) is 15.1 Å². The van der Waals surface area contributed by atoms with E-state index in [4.69, 9.17) is 0 Å². The normalized spacial score (nSPS) is 15.5. The summed E-state index contributed by atoms with van der Waals surface area (Å²) in [5.74, 6) is 0.315. The van der Waals surface area contributed by atoms with Crippen molar-refractivity contribution in [2.75, 3.05) is 49.2 Å². The van der Waals surface area contributed by atoms with Crippen molar-refractivity contribution in [3.8, 4) is 0 Å². The van der Waals surface area contributed by atoms with Crippen LogP contribution in [0.4, 0.5) is 11.4 Å². The predicted octanol–water partition coefficient (Wildman–Crippen LogP) is 2.33. The minimum atomic E-state index is -0.0276. The Morgan fingerprint density at radius 3 is 2.54 bits per heavy atom. The number of carbonyl (C=O) groups excluding carboxylic acids is 1. The van der Waals surface area contributed by atoms with Gasteiger partial charge in [0.15, 0.2) is 4.34 Å². The molecule has 8 heteroatoms. The number of hydrogen-bond donors (Lipinski definition) is 1. The second-order valence-corrected chi connectivity index (χ2v) is 8.17. The smallest absolute Gasteiger partial charge is 0.234 e. The highest BCUT2D eigenvalue weighted by Gasteiger charge is 2.14. The molecule has 0 atom stereocenters. The maximum absolute atomic E-state index is 12.0. The Labute approximate surface area is 150 Å². The number of nitrogens with one attached hydrogen (secondary N) is 1. The van der Waals surface area contributed by atoms with Crippen LogP contribution in [0.1, 0.15) is 5.01 Å². The molecule has 1 saturated heterocycles. The van der Waals surface area contributed by atoms with Crippen molar-refractivity contribution >= 4 is 40.4 Å². The summed E-state index contributed by atoms with van der Waals surface area (Å²) in [6, 6.07) is 8.07. The van der Waals surface area contributed by atoms with Gasteiger partial charge in [-0.2, -0.15) is 0 Å². The van der Waals surface area contributed by atoms with Gasteiger partial charge in [-0.05, 0) is 38.2 Å². The van der Waals surface area contributed by atoms with Crippen LogP contribution in [-0.4, -0.2) is 60.0 Å². The van der Waals surface area contributed by atoms with Crippen molar-refractivity contribution in [1.29, 1.82) is 0 Å².